The highest BCUT2D eigenvalue weighted by molar-refractivity contribution is 9.10. The third-order valence-electron chi connectivity index (χ3n) is 2.92. The van der Waals surface area contributed by atoms with Crippen LogP contribution in [0.25, 0.3) is 0 Å². The summed E-state index contributed by atoms with van der Waals surface area (Å²) in [5, 5.41) is 4.26. The van der Waals surface area contributed by atoms with Gasteiger partial charge in [-0.05, 0) is 41.9 Å². The third-order valence-corrected chi connectivity index (χ3v) is 3.39. The smallest absolute Gasteiger partial charge is 0.172 e. The molecule has 2 rings (SSSR count). The number of pyridine rings is 1. The van der Waals surface area contributed by atoms with E-state index in [2.05, 4.69) is 26.0 Å². The molecule has 2 heterocycles. The fourth-order valence-electron chi connectivity index (χ4n) is 1.94. The van der Waals surface area contributed by atoms with Crippen LogP contribution in [0.15, 0.2) is 22.8 Å². The van der Waals surface area contributed by atoms with Crippen molar-refractivity contribution >= 4 is 21.7 Å². The highest BCUT2D eigenvalue weighted by Crippen LogP contribution is 2.15. The molecular formula is C13H14BrN3O. The highest BCUT2D eigenvalue weighted by atomic mass is 79.9. The van der Waals surface area contributed by atoms with Crippen LogP contribution in [-0.2, 0) is 13.5 Å². The Morgan fingerprint density at radius 2 is 2.11 bits per heavy atom. The number of carbonyl (C=O) groups is 1. The van der Waals surface area contributed by atoms with E-state index < -0.39 is 0 Å². The molecule has 0 spiro atoms. The molecule has 2 aromatic heterocycles. The predicted octanol–water partition coefficient (Wildman–Crippen LogP) is 2.62. The van der Waals surface area contributed by atoms with Gasteiger partial charge in [-0.25, -0.2) is 0 Å². The molecule has 0 saturated heterocycles. The maximum atomic E-state index is 12.2. The highest BCUT2D eigenvalue weighted by Gasteiger charge is 2.17. The summed E-state index contributed by atoms with van der Waals surface area (Å²) in [5.74, 6) is 0.0629. The van der Waals surface area contributed by atoms with E-state index in [-0.39, 0.29) is 5.78 Å². The summed E-state index contributed by atoms with van der Waals surface area (Å²) in [7, 11) is 1.84. The standard InChI is InChI=1S/C13H14BrN3O/c1-8-13(9(2)17(3)16-8)12(18)6-11-5-4-10(14)7-15-11/h4-5,7H,6H2,1-3H3. The Balaban J connectivity index is 2.24. The number of halogens is 1. The Morgan fingerprint density at radius 1 is 1.39 bits per heavy atom. The minimum absolute atomic E-state index is 0.0629. The van der Waals surface area contributed by atoms with Gasteiger partial charge in [0.2, 0.25) is 0 Å². The molecular weight excluding hydrogens is 294 g/mol. The second-order valence-corrected chi connectivity index (χ2v) is 5.15. The van der Waals surface area contributed by atoms with Crippen LogP contribution >= 0.6 is 15.9 Å². The number of aromatic nitrogens is 3. The normalized spacial score (nSPS) is 10.7. The van der Waals surface area contributed by atoms with Gasteiger partial charge in [0.05, 0.1) is 17.7 Å². The van der Waals surface area contributed by atoms with Crippen LogP contribution in [0, 0.1) is 13.8 Å². The van der Waals surface area contributed by atoms with Gasteiger partial charge in [0, 0.05) is 29.1 Å². The van der Waals surface area contributed by atoms with Crippen molar-refractivity contribution in [2.24, 2.45) is 7.05 Å². The molecule has 0 radical (unpaired) electrons. The second-order valence-electron chi connectivity index (χ2n) is 4.24. The molecule has 0 aliphatic heterocycles. The van der Waals surface area contributed by atoms with Crippen LogP contribution < -0.4 is 0 Å². The summed E-state index contributed by atoms with van der Waals surface area (Å²) < 4.78 is 2.64. The zero-order chi connectivity index (χ0) is 13.3. The molecule has 0 aromatic carbocycles. The Hall–Kier alpha value is -1.49. The van der Waals surface area contributed by atoms with E-state index in [1.54, 1.807) is 10.9 Å². The first-order chi connectivity index (χ1) is 8.49. The van der Waals surface area contributed by atoms with Gasteiger partial charge < -0.3 is 0 Å². The van der Waals surface area contributed by atoms with E-state index in [1.165, 1.54) is 0 Å². The van der Waals surface area contributed by atoms with Crippen molar-refractivity contribution in [3.05, 3.63) is 45.4 Å². The lowest BCUT2D eigenvalue weighted by Crippen LogP contribution is -2.07. The van der Waals surface area contributed by atoms with Crippen molar-refractivity contribution in [2.75, 3.05) is 0 Å². The topological polar surface area (TPSA) is 47.8 Å². The molecule has 0 unspecified atom stereocenters. The molecule has 0 amide bonds. The van der Waals surface area contributed by atoms with Crippen LogP contribution in [0.4, 0.5) is 0 Å². The lowest BCUT2D eigenvalue weighted by Gasteiger charge is -2.02. The fourth-order valence-corrected chi connectivity index (χ4v) is 2.18. The fraction of sp³-hybridized carbons (Fsp3) is 0.308. The maximum absolute atomic E-state index is 12.2. The van der Waals surface area contributed by atoms with Crippen molar-refractivity contribution in [3.63, 3.8) is 0 Å². The van der Waals surface area contributed by atoms with Gasteiger partial charge >= 0.3 is 0 Å². The number of nitrogens with zero attached hydrogens (tertiary/aromatic N) is 3. The van der Waals surface area contributed by atoms with Gasteiger partial charge in [-0.15, -0.1) is 0 Å². The molecule has 0 aliphatic carbocycles. The molecule has 0 saturated carbocycles. The van der Waals surface area contributed by atoms with Gasteiger partial charge in [0.25, 0.3) is 0 Å². The Labute approximate surface area is 114 Å². The van der Waals surface area contributed by atoms with Gasteiger partial charge in [0.15, 0.2) is 5.78 Å². The van der Waals surface area contributed by atoms with Crippen LogP contribution in [-0.4, -0.2) is 20.5 Å². The van der Waals surface area contributed by atoms with Gasteiger partial charge in [-0.1, -0.05) is 0 Å². The van der Waals surface area contributed by atoms with Crippen LogP contribution in [0.1, 0.15) is 27.4 Å². The lowest BCUT2D eigenvalue weighted by atomic mass is 10.0. The van der Waals surface area contributed by atoms with Gasteiger partial charge in [-0.3, -0.25) is 14.5 Å². The van der Waals surface area contributed by atoms with E-state index in [1.807, 2.05) is 33.0 Å². The van der Waals surface area contributed by atoms with Gasteiger partial charge in [-0.2, -0.15) is 5.10 Å². The van der Waals surface area contributed by atoms with Crippen molar-refractivity contribution in [1.29, 1.82) is 0 Å². The van der Waals surface area contributed by atoms with Crippen LogP contribution in [0.5, 0.6) is 0 Å². The first-order valence-electron chi connectivity index (χ1n) is 5.63. The van der Waals surface area contributed by atoms with E-state index >= 15 is 0 Å². The number of Topliss-reactive ketones (excluding diaryl/α,β-unsaturated/α-hetero) is 1. The maximum Gasteiger partial charge on any atom is 0.172 e. The largest absolute Gasteiger partial charge is 0.294 e. The van der Waals surface area contributed by atoms with Crippen molar-refractivity contribution in [2.45, 2.75) is 20.3 Å². The van der Waals surface area contributed by atoms with E-state index in [4.69, 9.17) is 0 Å². The third kappa shape index (κ3) is 2.51. The lowest BCUT2D eigenvalue weighted by molar-refractivity contribution is 0.0990. The SMILES string of the molecule is Cc1nn(C)c(C)c1C(=O)Cc1ccc(Br)cn1. The number of hydrogen-bond acceptors (Lipinski definition) is 3. The molecule has 0 fully saturated rings. The predicted molar refractivity (Wildman–Crippen MR) is 72.7 cm³/mol. The average molecular weight is 308 g/mol. The Morgan fingerprint density at radius 3 is 2.61 bits per heavy atom. The number of rotatable bonds is 3. The molecule has 0 atom stereocenters. The summed E-state index contributed by atoms with van der Waals surface area (Å²) in [6, 6.07) is 3.74. The first-order valence-corrected chi connectivity index (χ1v) is 6.42. The minimum Gasteiger partial charge on any atom is -0.294 e. The molecule has 4 nitrogen and oxygen atoms in total. The Kier molecular flexibility index (Phi) is 3.61. The number of carbonyl (C=O) groups excluding carboxylic acids is 1. The zero-order valence-electron chi connectivity index (χ0n) is 10.6. The molecule has 0 N–H and O–H groups in total. The average Bonchev–Trinajstić information content (AvgIpc) is 2.56. The molecule has 94 valence electrons. The summed E-state index contributed by atoms with van der Waals surface area (Å²) in [6.07, 6.45) is 2.01. The monoisotopic (exact) mass is 307 g/mol. The summed E-state index contributed by atoms with van der Waals surface area (Å²) in [5.41, 5.74) is 3.15. The van der Waals surface area contributed by atoms with Gasteiger partial charge in [0.1, 0.15) is 0 Å². The zero-order valence-corrected chi connectivity index (χ0v) is 12.2. The molecule has 2 aromatic rings. The minimum atomic E-state index is 0.0629. The van der Waals surface area contributed by atoms with Crippen LogP contribution in [0.3, 0.4) is 0 Å². The quantitative estimate of drug-likeness (QED) is 0.819. The Bertz CT molecular complexity index is 587. The molecule has 18 heavy (non-hydrogen) atoms. The van der Waals surface area contributed by atoms with Crippen LogP contribution in [0.2, 0.25) is 0 Å². The van der Waals surface area contributed by atoms with Crippen molar-refractivity contribution < 1.29 is 4.79 Å². The molecule has 5 heteroatoms. The first kappa shape index (κ1) is 13.0. The van der Waals surface area contributed by atoms with E-state index in [9.17, 15) is 4.79 Å². The van der Waals surface area contributed by atoms with Crippen molar-refractivity contribution in [3.8, 4) is 0 Å². The van der Waals surface area contributed by atoms with E-state index in [0.717, 1.165) is 21.6 Å². The number of aryl methyl sites for hydroxylation is 2. The second kappa shape index (κ2) is 5.02. The molecule has 0 aliphatic rings. The summed E-state index contributed by atoms with van der Waals surface area (Å²) in [6.45, 7) is 3.76. The van der Waals surface area contributed by atoms with E-state index in [0.29, 0.717) is 12.0 Å². The molecule has 0 bridgehead atoms. The number of ketones is 1. The summed E-state index contributed by atoms with van der Waals surface area (Å²) in [4.78, 5) is 16.5. The number of hydrogen-bond donors (Lipinski definition) is 0. The summed E-state index contributed by atoms with van der Waals surface area (Å²) >= 11 is 3.32. The van der Waals surface area contributed by atoms with Crippen molar-refractivity contribution in [1.82, 2.24) is 14.8 Å².